The fourth-order valence-electron chi connectivity index (χ4n) is 2.91. The standard InChI is InChI=1S/C15H18Cl2N2O3S/c1-10-9-11(10)15(20)18-5-7-19(8-6-18)23(21,22)14-12(16)3-2-4-13(14)17/h2-4,10-11H,5-9H2,1H3/t10-,11+/m1/s1. The van der Waals surface area contributed by atoms with Crippen LogP contribution in [0.25, 0.3) is 0 Å². The molecule has 2 aliphatic rings. The first-order valence-electron chi connectivity index (χ1n) is 7.55. The van der Waals surface area contributed by atoms with Gasteiger partial charge in [0.15, 0.2) is 0 Å². The summed E-state index contributed by atoms with van der Waals surface area (Å²) in [5.74, 6) is 0.715. The summed E-state index contributed by atoms with van der Waals surface area (Å²) in [5.41, 5.74) is 0. The molecule has 3 rings (SSSR count). The lowest BCUT2D eigenvalue weighted by molar-refractivity contribution is -0.134. The molecular weight excluding hydrogens is 359 g/mol. The quantitative estimate of drug-likeness (QED) is 0.813. The van der Waals surface area contributed by atoms with Gasteiger partial charge in [0.25, 0.3) is 0 Å². The monoisotopic (exact) mass is 376 g/mol. The molecule has 2 fully saturated rings. The number of nitrogens with zero attached hydrogens (tertiary/aromatic N) is 2. The first kappa shape index (κ1) is 17.0. The number of rotatable bonds is 3. The molecule has 5 nitrogen and oxygen atoms in total. The molecule has 1 saturated heterocycles. The minimum Gasteiger partial charge on any atom is -0.340 e. The van der Waals surface area contributed by atoms with Gasteiger partial charge in [-0.1, -0.05) is 36.2 Å². The maximum Gasteiger partial charge on any atom is 0.246 e. The number of carbonyl (C=O) groups excluding carboxylic acids is 1. The summed E-state index contributed by atoms with van der Waals surface area (Å²) in [4.78, 5) is 13.9. The molecule has 126 valence electrons. The van der Waals surface area contributed by atoms with Crippen molar-refractivity contribution in [2.75, 3.05) is 26.2 Å². The highest BCUT2D eigenvalue weighted by atomic mass is 35.5. The number of halogens is 2. The molecule has 0 N–H and O–H groups in total. The van der Waals surface area contributed by atoms with E-state index < -0.39 is 10.0 Å². The second-order valence-corrected chi connectivity index (χ2v) is 8.79. The van der Waals surface area contributed by atoms with E-state index in [0.717, 1.165) is 6.42 Å². The zero-order valence-electron chi connectivity index (χ0n) is 12.7. The third kappa shape index (κ3) is 3.22. The molecule has 0 unspecified atom stereocenters. The average molecular weight is 377 g/mol. The summed E-state index contributed by atoms with van der Waals surface area (Å²) in [7, 11) is -3.76. The van der Waals surface area contributed by atoms with Gasteiger partial charge in [0.05, 0.1) is 10.0 Å². The Labute approximate surface area is 146 Å². The molecule has 8 heteroatoms. The number of sulfonamides is 1. The molecule has 1 aromatic carbocycles. The van der Waals surface area contributed by atoms with E-state index in [1.165, 1.54) is 16.4 Å². The Balaban J connectivity index is 1.73. The molecule has 1 aliphatic heterocycles. The molecule has 1 aliphatic carbocycles. The molecule has 0 spiro atoms. The van der Waals surface area contributed by atoms with Crippen LogP contribution in [0.15, 0.2) is 23.1 Å². The van der Waals surface area contributed by atoms with Crippen LogP contribution in [0.3, 0.4) is 0 Å². The first-order valence-corrected chi connectivity index (χ1v) is 9.75. The van der Waals surface area contributed by atoms with Crippen LogP contribution in [0.4, 0.5) is 0 Å². The van der Waals surface area contributed by atoms with E-state index in [1.54, 1.807) is 11.0 Å². The highest BCUT2D eigenvalue weighted by Crippen LogP contribution is 2.39. The third-order valence-electron chi connectivity index (χ3n) is 4.49. The van der Waals surface area contributed by atoms with Gasteiger partial charge in [0.2, 0.25) is 15.9 Å². The van der Waals surface area contributed by atoms with Crippen LogP contribution in [-0.2, 0) is 14.8 Å². The van der Waals surface area contributed by atoms with E-state index in [2.05, 4.69) is 6.92 Å². The second kappa shape index (κ2) is 6.24. The van der Waals surface area contributed by atoms with Crippen molar-refractivity contribution >= 4 is 39.1 Å². The molecule has 1 saturated carbocycles. The van der Waals surface area contributed by atoms with E-state index >= 15 is 0 Å². The molecule has 1 amide bonds. The summed E-state index contributed by atoms with van der Waals surface area (Å²) >= 11 is 12.0. The molecule has 1 heterocycles. The summed E-state index contributed by atoms with van der Waals surface area (Å²) in [6.45, 7) is 3.39. The van der Waals surface area contributed by atoms with Crippen molar-refractivity contribution in [3.63, 3.8) is 0 Å². The molecule has 23 heavy (non-hydrogen) atoms. The minimum atomic E-state index is -3.76. The highest BCUT2D eigenvalue weighted by molar-refractivity contribution is 7.89. The Hall–Kier alpha value is -0.820. The van der Waals surface area contributed by atoms with Crippen molar-refractivity contribution in [3.05, 3.63) is 28.2 Å². The molecule has 0 aromatic heterocycles. The van der Waals surface area contributed by atoms with Gasteiger partial charge in [-0.3, -0.25) is 4.79 Å². The molecule has 0 bridgehead atoms. The van der Waals surface area contributed by atoms with Crippen LogP contribution < -0.4 is 0 Å². The predicted molar refractivity (Wildman–Crippen MR) is 89.1 cm³/mol. The number of hydrogen-bond donors (Lipinski definition) is 0. The smallest absolute Gasteiger partial charge is 0.246 e. The fraction of sp³-hybridized carbons (Fsp3) is 0.533. The molecule has 0 radical (unpaired) electrons. The van der Waals surface area contributed by atoms with Gasteiger partial charge >= 0.3 is 0 Å². The number of carbonyl (C=O) groups is 1. The minimum absolute atomic E-state index is 0.0566. The van der Waals surface area contributed by atoms with E-state index in [1.807, 2.05) is 0 Å². The van der Waals surface area contributed by atoms with Crippen LogP contribution in [0, 0.1) is 11.8 Å². The maximum absolute atomic E-state index is 12.8. The lowest BCUT2D eigenvalue weighted by Gasteiger charge is -2.34. The van der Waals surface area contributed by atoms with E-state index in [9.17, 15) is 13.2 Å². The molecule has 2 atom stereocenters. The van der Waals surface area contributed by atoms with Gasteiger partial charge in [0.1, 0.15) is 4.90 Å². The first-order chi connectivity index (χ1) is 10.8. The Kier molecular flexibility index (Phi) is 4.62. The summed E-state index contributed by atoms with van der Waals surface area (Å²) in [6, 6.07) is 4.63. The Bertz CT molecular complexity index is 710. The van der Waals surface area contributed by atoms with Crippen LogP contribution in [-0.4, -0.2) is 49.7 Å². The van der Waals surface area contributed by atoms with Crippen LogP contribution in [0.2, 0.25) is 10.0 Å². The number of benzene rings is 1. The zero-order valence-corrected chi connectivity index (χ0v) is 15.0. The number of amides is 1. The Morgan fingerprint density at radius 3 is 2.13 bits per heavy atom. The summed E-state index contributed by atoms with van der Waals surface area (Å²) in [6.07, 6.45) is 0.937. The maximum atomic E-state index is 12.8. The van der Waals surface area contributed by atoms with Crippen LogP contribution >= 0.6 is 23.2 Å². The highest BCUT2D eigenvalue weighted by Gasteiger charge is 2.42. The van der Waals surface area contributed by atoms with Crippen LogP contribution in [0.1, 0.15) is 13.3 Å². The van der Waals surface area contributed by atoms with E-state index in [4.69, 9.17) is 23.2 Å². The Morgan fingerprint density at radius 1 is 1.13 bits per heavy atom. The van der Waals surface area contributed by atoms with Gasteiger partial charge in [-0.25, -0.2) is 8.42 Å². The van der Waals surface area contributed by atoms with Crippen LogP contribution in [0.5, 0.6) is 0 Å². The lowest BCUT2D eigenvalue weighted by Crippen LogP contribution is -2.51. The largest absolute Gasteiger partial charge is 0.340 e. The summed E-state index contributed by atoms with van der Waals surface area (Å²) in [5, 5.41) is 0.227. The van der Waals surface area contributed by atoms with E-state index in [-0.39, 0.29) is 39.9 Å². The molecular formula is C15H18Cl2N2O3S. The van der Waals surface area contributed by atoms with Crippen molar-refractivity contribution in [2.45, 2.75) is 18.2 Å². The number of piperazine rings is 1. The van der Waals surface area contributed by atoms with Crippen molar-refractivity contribution in [2.24, 2.45) is 11.8 Å². The van der Waals surface area contributed by atoms with Crippen molar-refractivity contribution in [1.82, 2.24) is 9.21 Å². The predicted octanol–water partition coefficient (Wildman–Crippen LogP) is 2.48. The van der Waals surface area contributed by atoms with Gasteiger partial charge in [-0.15, -0.1) is 0 Å². The fourth-order valence-corrected chi connectivity index (χ4v) is 5.42. The average Bonchev–Trinajstić information content (AvgIpc) is 3.23. The van der Waals surface area contributed by atoms with Gasteiger partial charge in [-0.2, -0.15) is 4.31 Å². The zero-order chi connectivity index (χ0) is 16.8. The van der Waals surface area contributed by atoms with Gasteiger partial charge in [-0.05, 0) is 24.5 Å². The lowest BCUT2D eigenvalue weighted by atomic mass is 10.2. The van der Waals surface area contributed by atoms with Gasteiger partial charge < -0.3 is 4.90 Å². The van der Waals surface area contributed by atoms with Crippen molar-refractivity contribution in [1.29, 1.82) is 0 Å². The van der Waals surface area contributed by atoms with E-state index in [0.29, 0.717) is 19.0 Å². The van der Waals surface area contributed by atoms with Gasteiger partial charge in [0, 0.05) is 32.1 Å². The third-order valence-corrected chi connectivity index (χ3v) is 7.35. The van der Waals surface area contributed by atoms with Crippen molar-refractivity contribution < 1.29 is 13.2 Å². The SMILES string of the molecule is C[C@@H]1C[C@@H]1C(=O)N1CCN(S(=O)(=O)c2c(Cl)cccc2Cl)CC1. The Morgan fingerprint density at radius 2 is 1.65 bits per heavy atom. The topological polar surface area (TPSA) is 57.7 Å². The number of hydrogen-bond acceptors (Lipinski definition) is 3. The molecule has 1 aromatic rings. The normalized spacial score (nSPS) is 25.4. The second-order valence-electron chi connectivity index (χ2n) is 6.10. The summed E-state index contributed by atoms with van der Waals surface area (Å²) < 4.78 is 26.9. The van der Waals surface area contributed by atoms with Crippen molar-refractivity contribution in [3.8, 4) is 0 Å².